The molecule has 1 amide bonds. The highest BCUT2D eigenvalue weighted by Gasteiger charge is 2.24. The Morgan fingerprint density at radius 3 is 2.85 bits per heavy atom. The third kappa shape index (κ3) is 3.16. The number of anilines is 1. The summed E-state index contributed by atoms with van der Waals surface area (Å²) in [5.41, 5.74) is 3.68. The molecular formula is C20H22N4O2S. The number of rotatable bonds is 3. The monoisotopic (exact) mass is 382 g/mol. The van der Waals surface area contributed by atoms with E-state index in [-0.39, 0.29) is 11.5 Å². The average Bonchev–Trinajstić information content (AvgIpc) is 3.04. The van der Waals surface area contributed by atoms with Crippen molar-refractivity contribution in [2.75, 3.05) is 5.32 Å². The largest absolute Gasteiger partial charge is 0.324 e. The zero-order valence-corrected chi connectivity index (χ0v) is 16.5. The van der Waals surface area contributed by atoms with Gasteiger partial charge in [0.05, 0.1) is 5.39 Å². The van der Waals surface area contributed by atoms with Crippen LogP contribution in [0.25, 0.3) is 10.2 Å². The van der Waals surface area contributed by atoms with Crippen LogP contribution in [0.4, 0.5) is 5.69 Å². The predicted octanol–water partition coefficient (Wildman–Crippen LogP) is 3.55. The molecule has 2 aromatic heterocycles. The first kappa shape index (κ1) is 17.9. The molecule has 27 heavy (non-hydrogen) atoms. The second-order valence-corrected chi connectivity index (χ2v) is 8.30. The third-order valence-electron chi connectivity index (χ3n) is 5.20. The maximum absolute atomic E-state index is 13.1. The topological polar surface area (TPSA) is 76.9 Å². The van der Waals surface area contributed by atoms with E-state index in [1.165, 1.54) is 9.56 Å². The van der Waals surface area contributed by atoms with E-state index in [9.17, 15) is 9.59 Å². The summed E-state index contributed by atoms with van der Waals surface area (Å²) < 4.78 is 1.21. The summed E-state index contributed by atoms with van der Waals surface area (Å²) in [6.45, 7) is 5.60. The lowest BCUT2D eigenvalue weighted by molar-refractivity contribution is -0.119. The summed E-state index contributed by atoms with van der Waals surface area (Å²) >= 11 is 1.56. The van der Waals surface area contributed by atoms with Crippen LogP contribution < -0.4 is 10.9 Å². The fraction of sp³-hybridized carbons (Fsp3) is 0.400. The van der Waals surface area contributed by atoms with Gasteiger partial charge in [-0.1, -0.05) is 17.3 Å². The number of benzene rings is 1. The molecule has 2 heterocycles. The molecule has 4 rings (SSSR count). The number of hydrogen-bond acceptors (Lipinski definition) is 5. The molecule has 1 aliphatic rings. The number of fused-ring (bicyclic) bond motifs is 3. The van der Waals surface area contributed by atoms with Gasteiger partial charge in [0.2, 0.25) is 5.91 Å². The van der Waals surface area contributed by atoms with Crippen molar-refractivity contribution in [2.24, 2.45) is 0 Å². The Labute approximate surface area is 161 Å². The molecule has 6 nitrogen and oxygen atoms in total. The first-order chi connectivity index (χ1) is 13.0. The molecule has 0 unspecified atom stereocenters. The van der Waals surface area contributed by atoms with E-state index in [4.69, 9.17) is 0 Å². The number of thiophene rings is 1. The number of nitrogens with one attached hydrogen (secondary N) is 1. The molecule has 0 radical (unpaired) electrons. The normalized spacial score (nSPS) is 14.8. The maximum atomic E-state index is 13.1. The fourth-order valence-corrected chi connectivity index (χ4v) is 4.76. The van der Waals surface area contributed by atoms with Gasteiger partial charge in [0.25, 0.3) is 5.56 Å². The highest BCUT2D eigenvalue weighted by Crippen LogP contribution is 2.33. The van der Waals surface area contributed by atoms with Crippen molar-refractivity contribution in [3.05, 3.63) is 50.1 Å². The molecule has 1 atom stereocenters. The van der Waals surface area contributed by atoms with Gasteiger partial charge in [0.1, 0.15) is 6.04 Å². The Morgan fingerprint density at radius 1 is 1.26 bits per heavy atom. The fourth-order valence-electron chi connectivity index (χ4n) is 3.56. The van der Waals surface area contributed by atoms with Gasteiger partial charge in [-0.15, -0.1) is 16.4 Å². The van der Waals surface area contributed by atoms with Gasteiger partial charge in [0, 0.05) is 10.6 Å². The number of hydrogen-bond donors (Lipinski definition) is 1. The molecule has 0 saturated heterocycles. The molecule has 140 valence electrons. The van der Waals surface area contributed by atoms with Gasteiger partial charge < -0.3 is 5.32 Å². The summed E-state index contributed by atoms with van der Waals surface area (Å²) in [4.78, 5) is 27.8. The lowest BCUT2D eigenvalue weighted by atomic mass is 9.97. The Morgan fingerprint density at radius 2 is 2.04 bits per heavy atom. The van der Waals surface area contributed by atoms with E-state index in [2.05, 4.69) is 15.6 Å². The number of nitrogens with zero attached hydrogens (tertiary/aromatic N) is 3. The molecule has 1 N–H and O–H groups in total. The van der Waals surface area contributed by atoms with Crippen molar-refractivity contribution in [1.29, 1.82) is 0 Å². The van der Waals surface area contributed by atoms with Gasteiger partial charge in [-0.25, -0.2) is 0 Å². The minimum atomic E-state index is -0.742. The summed E-state index contributed by atoms with van der Waals surface area (Å²) in [5.74, 6) is -0.274. The van der Waals surface area contributed by atoms with E-state index in [1.54, 1.807) is 18.3 Å². The summed E-state index contributed by atoms with van der Waals surface area (Å²) in [6, 6.07) is 5.14. The quantitative estimate of drug-likeness (QED) is 0.751. The second-order valence-electron chi connectivity index (χ2n) is 7.21. The van der Waals surface area contributed by atoms with Crippen molar-refractivity contribution in [2.45, 2.75) is 52.5 Å². The van der Waals surface area contributed by atoms with Crippen LogP contribution in [0.1, 0.15) is 47.4 Å². The number of aromatic nitrogens is 3. The van der Waals surface area contributed by atoms with Crippen LogP contribution in [0.5, 0.6) is 0 Å². The summed E-state index contributed by atoms with van der Waals surface area (Å²) in [7, 11) is 0. The van der Waals surface area contributed by atoms with Crippen molar-refractivity contribution in [1.82, 2.24) is 15.0 Å². The molecule has 3 aromatic rings. The summed E-state index contributed by atoms with van der Waals surface area (Å²) in [5, 5.41) is 11.9. The van der Waals surface area contributed by atoms with E-state index >= 15 is 0 Å². The lowest BCUT2D eigenvalue weighted by Crippen LogP contribution is -2.34. The van der Waals surface area contributed by atoms with Gasteiger partial charge >= 0.3 is 0 Å². The van der Waals surface area contributed by atoms with E-state index in [0.717, 1.165) is 48.1 Å². The van der Waals surface area contributed by atoms with Crippen LogP contribution in [0.3, 0.4) is 0 Å². The Hall–Kier alpha value is -2.54. The molecule has 1 aromatic carbocycles. The number of carbonyl (C=O) groups excluding carboxylic acids is 1. The van der Waals surface area contributed by atoms with Crippen LogP contribution in [-0.4, -0.2) is 20.9 Å². The molecule has 0 saturated carbocycles. The minimum Gasteiger partial charge on any atom is -0.324 e. The standard InChI is InChI=1S/C20H22N4O2S/c1-11-8-9-12(2)15(10-11)21-18(25)13(3)24-20(26)17-14-6-4-5-7-16(14)27-19(17)22-23-24/h8-10,13H,4-7H2,1-3H3,(H,21,25)/t13-/m1/s1. The lowest BCUT2D eigenvalue weighted by Gasteiger charge is -2.15. The Bertz CT molecular complexity index is 1100. The Kier molecular flexibility index (Phi) is 4.55. The zero-order valence-electron chi connectivity index (χ0n) is 15.7. The minimum absolute atomic E-state index is 0.219. The highest BCUT2D eigenvalue weighted by atomic mass is 32.1. The van der Waals surface area contributed by atoms with Crippen LogP contribution in [0, 0.1) is 13.8 Å². The van der Waals surface area contributed by atoms with Crippen molar-refractivity contribution in [3.63, 3.8) is 0 Å². The van der Waals surface area contributed by atoms with Crippen molar-refractivity contribution < 1.29 is 4.79 Å². The molecule has 0 bridgehead atoms. The molecule has 1 aliphatic carbocycles. The average molecular weight is 382 g/mol. The van der Waals surface area contributed by atoms with E-state index in [0.29, 0.717) is 10.2 Å². The number of amides is 1. The SMILES string of the molecule is Cc1ccc(C)c(NC(=O)[C@@H](C)n2nnc3sc4c(c3c2=O)CCCC4)c1. The summed E-state index contributed by atoms with van der Waals surface area (Å²) in [6.07, 6.45) is 4.14. The Balaban J connectivity index is 1.69. The van der Waals surface area contributed by atoms with Crippen LogP contribution in [0.2, 0.25) is 0 Å². The number of carbonyl (C=O) groups is 1. The van der Waals surface area contributed by atoms with E-state index in [1.807, 2.05) is 32.0 Å². The highest BCUT2D eigenvalue weighted by molar-refractivity contribution is 7.18. The molecule has 0 aliphatic heterocycles. The van der Waals surface area contributed by atoms with Crippen molar-refractivity contribution in [3.8, 4) is 0 Å². The van der Waals surface area contributed by atoms with Crippen LogP contribution in [-0.2, 0) is 17.6 Å². The van der Waals surface area contributed by atoms with E-state index < -0.39 is 6.04 Å². The van der Waals surface area contributed by atoms with Crippen molar-refractivity contribution >= 4 is 33.1 Å². The predicted molar refractivity (Wildman–Crippen MR) is 108 cm³/mol. The maximum Gasteiger partial charge on any atom is 0.279 e. The molecule has 0 spiro atoms. The smallest absolute Gasteiger partial charge is 0.279 e. The molecule has 7 heteroatoms. The van der Waals surface area contributed by atoms with Crippen LogP contribution >= 0.6 is 11.3 Å². The first-order valence-corrected chi connectivity index (χ1v) is 10.0. The second kappa shape index (κ2) is 6.88. The van der Waals surface area contributed by atoms with Gasteiger partial charge in [-0.05, 0) is 69.2 Å². The zero-order chi connectivity index (χ0) is 19.1. The first-order valence-electron chi connectivity index (χ1n) is 9.23. The van der Waals surface area contributed by atoms with Gasteiger partial charge in [-0.2, -0.15) is 4.68 Å². The number of aryl methyl sites for hydroxylation is 4. The third-order valence-corrected chi connectivity index (χ3v) is 6.38. The van der Waals surface area contributed by atoms with Gasteiger partial charge in [-0.3, -0.25) is 9.59 Å². The van der Waals surface area contributed by atoms with Crippen LogP contribution in [0.15, 0.2) is 23.0 Å². The molecular weight excluding hydrogens is 360 g/mol. The van der Waals surface area contributed by atoms with Gasteiger partial charge in [0.15, 0.2) is 4.83 Å². The molecule has 0 fully saturated rings.